The van der Waals surface area contributed by atoms with Crippen LogP contribution >= 0.6 is 24.0 Å². The highest BCUT2D eigenvalue weighted by atomic mass is 127. The zero-order chi connectivity index (χ0) is 17.1. The SMILES string of the molecule is CCNC(=NCc1c(F)cccc1OC(F)F)NCCOCC.I. The highest BCUT2D eigenvalue weighted by molar-refractivity contribution is 14.0. The molecule has 138 valence electrons. The molecule has 0 atom stereocenters. The maximum absolute atomic E-state index is 13.8. The molecule has 2 N–H and O–H groups in total. The maximum Gasteiger partial charge on any atom is 0.387 e. The summed E-state index contributed by atoms with van der Waals surface area (Å²) in [5.41, 5.74) is -0.0187. The van der Waals surface area contributed by atoms with Crippen LogP contribution in [-0.4, -0.2) is 38.9 Å². The molecule has 0 aliphatic carbocycles. The fourth-order valence-corrected chi connectivity index (χ4v) is 1.78. The van der Waals surface area contributed by atoms with Crippen LogP contribution in [0.4, 0.5) is 13.2 Å². The van der Waals surface area contributed by atoms with Gasteiger partial charge in [0.25, 0.3) is 0 Å². The Labute approximate surface area is 157 Å². The third-order valence-corrected chi connectivity index (χ3v) is 2.77. The molecule has 24 heavy (non-hydrogen) atoms. The quantitative estimate of drug-likeness (QED) is 0.257. The summed E-state index contributed by atoms with van der Waals surface area (Å²) in [6.07, 6.45) is 0. The summed E-state index contributed by atoms with van der Waals surface area (Å²) < 4.78 is 48.1. The maximum atomic E-state index is 13.8. The first-order valence-corrected chi connectivity index (χ1v) is 7.40. The number of hydrogen-bond donors (Lipinski definition) is 2. The van der Waals surface area contributed by atoms with Crippen LogP contribution in [0.25, 0.3) is 0 Å². The van der Waals surface area contributed by atoms with E-state index in [0.29, 0.717) is 32.3 Å². The first-order valence-electron chi connectivity index (χ1n) is 7.40. The lowest BCUT2D eigenvalue weighted by Gasteiger charge is -2.13. The van der Waals surface area contributed by atoms with Crippen molar-refractivity contribution in [3.05, 3.63) is 29.6 Å². The molecule has 1 rings (SSSR count). The third-order valence-electron chi connectivity index (χ3n) is 2.77. The van der Waals surface area contributed by atoms with Gasteiger partial charge in [0.05, 0.1) is 18.7 Å². The number of nitrogens with zero attached hydrogens (tertiary/aromatic N) is 1. The molecule has 0 fully saturated rings. The van der Waals surface area contributed by atoms with Gasteiger partial charge in [0, 0.05) is 19.7 Å². The third kappa shape index (κ3) is 8.57. The molecule has 0 aliphatic rings. The van der Waals surface area contributed by atoms with Crippen molar-refractivity contribution >= 4 is 29.9 Å². The molecule has 0 aliphatic heterocycles. The fraction of sp³-hybridized carbons (Fsp3) is 0.533. The largest absolute Gasteiger partial charge is 0.434 e. The average Bonchev–Trinajstić information content (AvgIpc) is 2.50. The van der Waals surface area contributed by atoms with E-state index in [1.807, 2.05) is 13.8 Å². The first kappa shape index (κ1) is 22.8. The minimum absolute atomic E-state index is 0. The average molecular weight is 461 g/mol. The Hall–Kier alpha value is -1.23. The monoisotopic (exact) mass is 461 g/mol. The highest BCUT2D eigenvalue weighted by Crippen LogP contribution is 2.24. The molecule has 1 aromatic rings. The van der Waals surface area contributed by atoms with Crippen molar-refractivity contribution in [1.29, 1.82) is 0 Å². The Kier molecular flexibility index (Phi) is 12.4. The number of hydrogen-bond acceptors (Lipinski definition) is 3. The molecule has 0 unspecified atom stereocenters. The highest BCUT2D eigenvalue weighted by Gasteiger charge is 2.13. The Morgan fingerprint density at radius 1 is 1.25 bits per heavy atom. The molecular formula is C15H23F3IN3O2. The van der Waals surface area contributed by atoms with E-state index in [1.165, 1.54) is 18.2 Å². The lowest BCUT2D eigenvalue weighted by molar-refractivity contribution is -0.0506. The normalized spacial score (nSPS) is 11.2. The van der Waals surface area contributed by atoms with E-state index >= 15 is 0 Å². The second-order valence-corrected chi connectivity index (χ2v) is 4.41. The lowest BCUT2D eigenvalue weighted by Crippen LogP contribution is -2.39. The number of nitrogens with one attached hydrogen (secondary N) is 2. The molecule has 0 saturated heterocycles. The zero-order valence-corrected chi connectivity index (χ0v) is 16.0. The Bertz CT molecular complexity index is 505. The second-order valence-electron chi connectivity index (χ2n) is 4.41. The van der Waals surface area contributed by atoms with E-state index in [9.17, 15) is 13.2 Å². The molecule has 0 spiro atoms. The topological polar surface area (TPSA) is 54.9 Å². The molecule has 1 aromatic carbocycles. The number of halogens is 4. The van der Waals surface area contributed by atoms with Gasteiger partial charge in [-0.25, -0.2) is 9.38 Å². The van der Waals surface area contributed by atoms with Gasteiger partial charge in [0.2, 0.25) is 0 Å². The zero-order valence-electron chi connectivity index (χ0n) is 13.7. The van der Waals surface area contributed by atoms with E-state index in [2.05, 4.69) is 20.4 Å². The first-order chi connectivity index (χ1) is 11.1. The van der Waals surface area contributed by atoms with Crippen molar-refractivity contribution in [2.75, 3.05) is 26.3 Å². The molecule has 0 aromatic heterocycles. The van der Waals surface area contributed by atoms with Gasteiger partial charge >= 0.3 is 6.61 Å². The summed E-state index contributed by atoms with van der Waals surface area (Å²) in [6, 6.07) is 3.78. The lowest BCUT2D eigenvalue weighted by atomic mass is 10.2. The van der Waals surface area contributed by atoms with Gasteiger partial charge in [0.15, 0.2) is 5.96 Å². The van der Waals surface area contributed by atoms with Gasteiger partial charge in [0.1, 0.15) is 11.6 Å². The van der Waals surface area contributed by atoms with Gasteiger partial charge in [-0.15, -0.1) is 24.0 Å². The summed E-state index contributed by atoms with van der Waals surface area (Å²) in [4.78, 5) is 4.18. The minimum Gasteiger partial charge on any atom is -0.434 e. The molecule has 0 bridgehead atoms. The van der Waals surface area contributed by atoms with Gasteiger partial charge in [-0.2, -0.15) is 8.78 Å². The van der Waals surface area contributed by atoms with Gasteiger partial charge < -0.3 is 20.1 Å². The summed E-state index contributed by atoms with van der Waals surface area (Å²) in [5, 5.41) is 5.99. The van der Waals surface area contributed by atoms with E-state index < -0.39 is 12.4 Å². The molecule has 0 saturated carbocycles. The molecule has 0 amide bonds. The number of benzene rings is 1. The van der Waals surface area contributed by atoms with Crippen LogP contribution in [0, 0.1) is 5.82 Å². The van der Waals surface area contributed by atoms with E-state index in [0.717, 1.165) is 0 Å². The summed E-state index contributed by atoms with van der Waals surface area (Å²) in [7, 11) is 0. The summed E-state index contributed by atoms with van der Waals surface area (Å²) in [5.74, 6) is -0.413. The van der Waals surface area contributed by atoms with Crippen LogP contribution < -0.4 is 15.4 Å². The number of alkyl halides is 2. The number of aliphatic imine (C=N–C) groups is 1. The van der Waals surface area contributed by atoms with Gasteiger partial charge in [-0.05, 0) is 26.0 Å². The van der Waals surface area contributed by atoms with Crippen molar-refractivity contribution < 1.29 is 22.6 Å². The minimum atomic E-state index is -3.02. The van der Waals surface area contributed by atoms with Crippen LogP contribution in [0.1, 0.15) is 19.4 Å². The van der Waals surface area contributed by atoms with Crippen LogP contribution in [-0.2, 0) is 11.3 Å². The second kappa shape index (κ2) is 13.1. The Morgan fingerprint density at radius 3 is 2.62 bits per heavy atom. The number of ether oxygens (including phenoxy) is 2. The Balaban J connectivity index is 0.00000529. The standard InChI is InChI=1S/C15H22F3N3O2.HI/c1-3-19-15(20-8-9-22-4-2)21-10-11-12(16)6-5-7-13(11)23-14(17)18;/h5-7,14H,3-4,8-10H2,1-2H3,(H2,19,20,21);1H. The van der Waals surface area contributed by atoms with Crippen molar-refractivity contribution in [1.82, 2.24) is 10.6 Å². The van der Waals surface area contributed by atoms with Crippen LogP contribution in [0.3, 0.4) is 0 Å². The predicted molar refractivity (Wildman–Crippen MR) is 97.8 cm³/mol. The van der Waals surface area contributed by atoms with Crippen molar-refractivity contribution in [2.45, 2.75) is 27.0 Å². The van der Waals surface area contributed by atoms with Gasteiger partial charge in [-0.3, -0.25) is 0 Å². The smallest absolute Gasteiger partial charge is 0.387 e. The molecule has 0 radical (unpaired) electrons. The number of rotatable bonds is 9. The van der Waals surface area contributed by atoms with E-state index in [-0.39, 0.29) is 41.8 Å². The molecule has 9 heteroatoms. The number of guanidine groups is 1. The van der Waals surface area contributed by atoms with Crippen LogP contribution in [0.15, 0.2) is 23.2 Å². The van der Waals surface area contributed by atoms with Crippen molar-refractivity contribution in [3.8, 4) is 5.75 Å². The van der Waals surface area contributed by atoms with Crippen LogP contribution in [0.2, 0.25) is 0 Å². The predicted octanol–water partition coefficient (Wildman–Crippen LogP) is 3.14. The fourth-order valence-electron chi connectivity index (χ4n) is 1.78. The van der Waals surface area contributed by atoms with E-state index in [4.69, 9.17) is 4.74 Å². The Morgan fingerprint density at radius 2 is 2.00 bits per heavy atom. The van der Waals surface area contributed by atoms with Crippen LogP contribution in [0.5, 0.6) is 5.75 Å². The molecule has 0 heterocycles. The summed E-state index contributed by atoms with van der Waals surface area (Å²) >= 11 is 0. The van der Waals surface area contributed by atoms with E-state index in [1.54, 1.807) is 0 Å². The van der Waals surface area contributed by atoms with Crippen molar-refractivity contribution in [3.63, 3.8) is 0 Å². The van der Waals surface area contributed by atoms with Crippen molar-refractivity contribution in [2.24, 2.45) is 4.99 Å². The van der Waals surface area contributed by atoms with Gasteiger partial charge in [-0.1, -0.05) is 6.07 Å². The molecular weight excluding hydrogens is 438 g/mol. The summed E-state index contributed by atoms with van der Waals surface area (Å²) in [6.45, 7) is 2.88. The molecule has 5 nitrogen and oxygen atoms in total.